The smallest absolute Gasteiger partial charge is 0.305 e. The van der Waals surface area contributed by atoms with Crippen LogP contribution < -0.4 is 0 Å². The minimum Gasteiger partial charge on any atom is -0.466 e. The molecule has 1 spiro atoms. The molecule has 19 heavy (non-hydrogen) atoms. The number of hydrogen-bond donors (Lipinski definition) is 0. The van der Waals surface area contributed by atoms with Crippen molar-refractivity contribution < 1.29 is 23.8 Å². The molecule has 0 aromatic rings. The summed E-state index contributed by atoms with van der Waals surface area (Å²) >= 11 is 0. The Labute approximate surface area is 112 Å². The summed E-state index contributed by atoms with van der Waals surface area (Å²) in [5.41, 5.74) is -0.610. The molecule has 3 fully saturated rings. The number of carbonyl (C=O) groups excluding carboxylic acids is 2. The summed E-state index contributed by atoms with van der Waals surface area (Å²) in [6, 6.07) is 0. The molecule has 5 heteroatoms. The minimum atomic E-state index is -0.751. The van der Waals surface area contributed by atoms with Gasteiger partial charge in [0.15, 0.2) is 5.79 Å². The molecule has 3 atom stereocenters. The number of carbonyl (C=O) groups is 2. The van der Waals surface area contributed by atoms with Gasteiger partial charge in [-0.25, -0.2) is 0 Å². The first kappa shape index (κ1) is 13.1. The topological polar surface area (TPSA) is 61.8 Å². The Kier molecular flexibility index (Phi) is 3.14. The molecule has 2 bridgehead atoms. The third-order valence-corrected chi connectivity index (χ3v) is 4.67. The van der Waals surface area contributed by atoms with Crippen molar-refractivity contribution >= 4 is 11.8 Å². The zero-order chi connectivity index (χ0) is 13.5. The van der Waals surface area contributed by atoms with E-state index in [9.17, 15) is 9.59 Å². The van der Waals surface area contributed by atoms with Crippen molar-refractivity contribution in [2.45, 2.75) is 57.3 Å². The second-order valence-electron chi connectivity index (χ2n) is 5.67. The van der Waals surface area contributed by atoms with Crippen LogP contribution in [0.1, 0.15) is 45.4 Å². The van der Waals surface area contributed by atoms with Gasteiger partial charge in [-0.1, -0.05) is 0 Å². The molecule has 3 rings (SSSR count). The highest BCUT2D eigenvalue weighted by Crippen LogP contribution is 2.59. The van der Waals surface area contributed by atoms with Crippen molar-refractivity contribution in [2.24, 2.45) is 5.41 Å². The van der Waals surface area contributed by atoms with Gasteiger partial charge in [0.25, 0.3) is 0 Å². The molecule has 0 unspecified atom stereocenters. The standard InChI is InChI=1S/C14H20O5/c1-2-17-12(16)5-7-13-8-10-9-18-14(13,19-10)6-3-4-11(13)15/h10H,2-9H2,1H3/t10-,13-,14+/m0/s1. The van der Waals surface area contributed by atoms with E-state index in [0.717, 1.165) is 12.8 Å². The monoisotopic (exact) mass is 268 g/mol. The molecule has 0 N–H and O–H groups in total. The Morgan fingerprint density at radius 1 is 1.53 bits per heavy atom. The van der Waals surface area contributed by atoms with Gasteiger partial charge in [0, 0.05) is 19.3 Å². The summed E-state index contributed by atoms with van der Waals surface area (Å²) in [5, 5.41) is 0. The maximum absolute atomic E-state index is 12.4. The summed E-state index contributed by atoms with van der Waals surface area (Å²) < 4.78 is 16.7. The Morgan fingerprint density at radius 3 is 3.11 bits per heavy atom. The quantitative estimate of drug-likeness (QED) is 0.724. The van der Waals surface area contributed by atoms with Crippen LogP contribution in [0.25, 0.3) is 0 Å². The molecule has 3 aliphatic rings. The van der Waals surface area contributed by atoms with E-state index in [1.54, 1.807) is 6.92 Å². The summed E-state index contributed by atoms with van der Waals surface area (Å²) in [4.78, 5) is 24.0. The van der Waals surface area contributed by atoms with E-state index in [-0.39, 0.29) is 24.3 Å². The second-order valence-corrected chi connectivity index (χ2v) is 5.67. The highest BCUT2D eigenvalue weighted by Gasteiger charge is 2.68. The summed E-state index contributed by atoms with van der Waals surface area (Å²) in [6.07, 6.45) is 3.62. The molecule has 2 saturated heterocycles. The minimum absolute atomic E-state index is 0.0178. The number of fused-ring (bicyclic) bond motifs is 1. The molecule has 2 heterocycles. The molecule has 2 aliphatic heterocycles. The molecule has 106 valence electrons. The second kappa shape index (κ2) is 4.56. The normalized spacial score (nSPS) is 40.3. The van der Waals surface area contributed by atoms with E-state index in [4.69, 9.17) is 14.2 Å². The Hall–Kier alpha value is -0.940. The van der Waals surface area contributed by atoms with Crippen LogP contribution in [0, 0.1) is 5.41 Å². The fourth-order valence-corrected chi connectivity index (χ4v) is 3.86. The van der Waals surface area contributed by atoms with Gasteiger partial charge in [0.05, 0.1) is 24.7 Å². The van der Waals surface area contributed by atoms with Gasteiger partial charge in [0.2, 0.25) is 0 Å². The van der Waals surface area contributed by atoms with Crippen molar-refractivity contribution in [1.82, 2.24) is 0 Å². The van der Waals surface area contributed by atoms with Gasteiger partial charge in [-0.2, -0.15) is 0 Å². The van der Waals surface area contributed by atoms with Crippen LogP contribution in [0.2, 0.25) is 0 Å². The molecular weight excluding hydrogens is 248 g/mol. The van der Waals surface area contributed by atoms with Crippen molar-refractivity contribution in [3.63, 3.8) is 0 Å². The summed E-state index contributed by atoms with van der Waals surface area (Å²) in [6.45, 7) is 2.74. The van der Waals surface area contributed by atoms with Gasteiger partial charge in [-0.3, -0.25) is 9.59 Å². The third kappa shape index (κ3) is 1.82. The van der Waals surface area contributed by atoms with Crippen molar-refractivity contribution in [2.75, 3.05) is 13.2 Å². The van der Waals surface area contributed by atoms with Crippen molar-refractivity contribution in [3.8, 4) is 0 Å². The van der Waals surface area contributed by atoms with Gasteiger partial charge in [-0.05, 0) is 26.2 Å². The van der Waals surface area contributed by atoms with Crippen molar-refractivity contribution in [1.29, 1.82) is 0 Å². The van der Waals surface area contributed by atoms with E-state index >= 15 is 0 Å². The summed E-state index contributed by atoms with van der Waals surface area (Å²) in [7, 11) is 0. The summed E-state index contributed by atoms with van der Waals surface area (Å²) in [5.74, 6) is -0.794. The fourth-order valence-electron chi connectivity index (χ4n) is 3.86. The SMILES string of the molecule is CCOC(=O)CC[C@@]12C[C@H]3CO[C@]1(CCCC2=O)O3. The first-order chi connectivity index (χ1) is 9.12. The zero-order valence-electron chi connectivity index (χ0n) is 11.3. The van der Waals surface area contributed by atoms with E-state index in [1.165, 1.54) is 0 Å². The van der Waals surface area contributed by atoms with Crippen LogP contribution in [-0.4, -0.2) is 36.9 Å². The Morgan fingerprint density at radius 2 is 2.37 bits per heavy atom. The van der Waals surface area contributed by atoms with Crippen LogP contribution in [-0.2, 0) is 23.8 Å². The van der Waals surface area contributed by atoms with Gasteiger partial charge in [0.1, 0.15) is 5.78 Å². The number of ketones is 1. The number of esters is 1. The van der Waals surface area contributed by atoms with Crippen LogP contribution in [0.15, 0.2) is 0 Å². The third-order valence-electron chi connectivity index (χ3n) is 4.67. The number of ether oxygens (including phenoxy) is 3. The predicted octanol–water partition coefficient (Wildman–Crippen LogP) is 1.58. The number of hydrogen-bond acceptors (Lipinski definition) is 5. The maximum atomic E-state index is 12.4. The average Bonchev–Trinajstić information content (AvgIpc) is 2.92. The van der Waals surface area contributed by atoms with Crippen LogP contribution in [0.5, 0.6) is 0 Å². The highest BCUT2D eigenvalue weighted by molar-refractivity contribution is 5.88. The zero-order valence-corrected chi connectivity index (χ0v) is 11.3. The van der Waals surface area contributed by atoms with E-state index in [2.05, 4.69) is 0 Å². The highest BCUT2D eigenvalue weighted by atomic mass is 16.8. The Bertz CT molecular complexity index is 407. The van der Waals surface area contributed by atoms with Crippen LogP contribution in [0.4, 0.5) is 0 Å². The molecule has 0 aromatic heterocycles. The predicted molar refractivity (Wildman–Crippen MR) is 65.3 cm³/mol. The lowest BCUT2D eigenvalue weighted by molar-refractivity contribution is -0.225. The lowest BCUT2D eigenvalue weighted by Crippen LogP contribution is -2.55. The molecule has 0 radical (unpaired) electrons. The maximum Gasteiger partial charge on any atom is 0.305 e. The van der Waals surface area contributed by atoms with Gasteiger partial charge in [-0.15, -0.1) is 0 Å². The van der Waals surface area contributed by atoms with Crippen LogP contribution >= 0.6 is 0 Å². The molecular formula is C14H20O5. The van der Waals surface area contributed by atoms with E-state index < -0.39 is 11.2 Å². The molecule has 5 nitrogen and oxygen atoms in total. The number of Topliss-reactive ketones (excluding diaryl/α,β-unsaturated/α-hetero) is 1. The van der Waals surface area contributed by atoms with E-state index in [0.29, 0.717) is 32.5 Å². The molecule has 1 aliphatic carbocycles. The number of rotatable bonds is 4. The average molecular weight is 268 g/mol. The van der Waals surface area contributed by atoms with E-state index in [1.807, 2.05) is 0 Å². The lowest BCUT2D eigenvalue weighted by atomic mass is 9.64. The molecule has 0 aromatic carbocycles. The fraction of sp³-hybridized carbons (Fsp3) is 0.857. The first-order valence-electron chi connectivity index (χ1n) is 7.13. The van der Waals surface area contributed by atoms with Gasteiger partial charge < -0.3 is 14.2 Å². The lowest BCUT2D eigenvalue weighted by Gasteiger charge is -2.45. The molecule has 0 amide bonds. The largest absolute Gasteiger partial charge is 0.466 e. The van der Waals surface area contributed by atoms with Gasteiger partial charge >= 0.3 is 5.97 Å². The van der Waals surface area contributed by atoms with Crippen molar-refractivity contribution in [3.05, 3.63) is 0 Å². The first-order valence-corrected chi connectivity index (χ1v) is 7.13. The van der Waals surface area contributed by atoms with Crippen LogP contribution in [0.3, 0.4) is 0 Å². The molecule has 1 saturated carbocycles. The Balaban J connectivity index is 1.78.